The molecule has 1 rings (SSSR count). The molecule has 0 bridgehead atoms. The van der Waals surface area contributed by atoms with Gasteiger partial charge in [0, 0.05) is 12.6 Å². The van der Waals surface area contributed by atoms with Crippen LogP contribution in [0.25, 0.3) is 0 Å². The predicted octanol–water partition coefficient (Wildman–Crippen LogP) is 2.60. The second kappa shape index (κ2) is 11.1. The number of rotatable bonds is 8. The van der Waals surface area contributed by atoms with E-state index in [4.69, 9.17) is 4.74 Å². The summed E-state index contributed by atoms with van der Waals surface area (Å²) in [6.45, 7) is 13.9. The summed E-state index contributed by atoms with van der Waals surface area (Å²) in [6.07, 6.45) is -0.814. The highest BCUT2D eigenvalue weighted by molar-refractivity contribution is 5.92. The fraction of sp³-hybridized carbons (Fsp3) is 0.609. The number of hydrogen-bond acceptors (Lipinski definition) is 5. The molecule has 0 saturated carbocycles. The number of aryl methyl sites for hydroxylation is 2. The van der Waals surface area contributed by atoms with Crippen LogP contribution in [0.5, 0.6) is 0 Å². The lowest BCUT2D eigenvalue weighted by molar-refractivity contribution is -0.143. The number of ether oxygens (including phenoxy) is 1. The molecule has 3 amide bonds. The molecule has 1 aromatic rings. The predicted molar refractivity (Wildman–Crippen MR) is 120 cm³/mol. The molecule has 0 heterocycles. The van der Waals surface area contributed by atoms with Gasteiger partial charge in [0.25, 0.3) is 0 Å². The Balaban J connectivity index is 3.32. The van der Waals surface area contributed by atoms with Crippen molar-refractivity contribution in [3.8, 4) is 0 Å². The molecule has 0 spiro atoms. The second-order valence-electron chi connectivity index (χ2n) is 8.93. The quantitative estimate of drug-likeness (QED) is 0.582. The summed E-state index contributed by atoms with van der Waals surface area (Å²) in [5.74, 6) is -0.895. The van der Waals surface area contributed by atoms with Crippen molar-refractivity contribution in [3.05, 3.63) is 34.9 Å². The fourth-order valence-corrected chi connectivity index (χ4v) is 3.17. The summed E-state index contributed by atoms with van der Waals surface area (Å²) >= 11 is 0. The van der Waals surface area contributed by atoms with Gasteiger partial charge < -0.3 is 25.4 Å². The molecule has 0 aliphatic rings. The Bertz CT molecular complexity index is 786. The van der Waals surface area contributed by atoms with Crippen molar-refractivity contribution in [2.75, 3.05) is 13.2 Å². The lowest BCUT2D eigenvalue weighted by atomic mass is 9.96. The van der Waals surface area contributed by atoms with Gasteiger partial charge in [0.2, 0.25) is 11.8 Å². The normalized spacial score (nSPS) is 13.4. The van der Waals surface area contributed by atoms with E-state index in [1.807, 2.05) is 45.9 Å². The van der Waals surface area contributed by atoms with Gasteiger partial charge in [-0.2, -0.15) is 0 Å². The van der Waals surface area contributed by atoms with Gasteiger partial charge in [0.1, 0.15) is 17.7 Å². The van der Waals surface area contributed by atoms with E-state index in [1.165, 1.54) is 4.90 Å². The van der Waals surface area contributed by atoms with Crippen molar-refractivity contribution >= 4 is 17.9 Å². The lowest BCUT2D eigenvalue weighted by Crippen LogP contribution is -2.54. The third-order valence-corrected chi connectivity index (χ3v) is 4.52. The first-order valence-electron chi connectivity index (χ1n) is 10.6. The molecule has 2 unspecified atom stereocenters. The number of nitrogens with zero attached hydrogens (tertiary/aromatic N) is 1. The lowest BCUT2D eigenvalue weighted by Gasteiger charge is -2.34. The Morgan fingerprint density at radius 3 is 2.23 bits per heavy atom. The van der Waals surface area contributed by atoms with Crippen LogP contribution in [0.2, 0.25) is 0 Å². The highest BCUT2D eigenvalue weighted by Crippen LogP contribution is 2.26. The van der Waals surface area contributed by atoms with Crippen LogP contribution in [0, 0.1) is 13.8 Å². The van der Waals surface area contributed by atoms with Gasteiger partial charge in [-0.1, -0.05) is 23.8 Å². The molecular formula is C23H37N3O5. The minimum atomic E-state index is -1.24. The van der Waals surface area contributed by atoms with Gasteiger partial charge >= 0.3 is 6.09 Å². The number of nitrogens with one attached hydrogen (secondary N) is 2. The standard InChI is InChI=1S/C23H37N3O5/c1-9-26(21(29)18(13-27)25-22(30)31-23(6,7)8)19(20(28)24-14(2)3)17-12-15(4)10-11-16(17)5/h10-12,14,18-19,27H,9,13H2,1-8H3,(H,24,28)(H,25,30). The van der Waals surface area contributed by atoms with Crippen LogP contribution in [0.3, 0.4) is 0 Å². The van der Waals surface area contributed by atoms with E-state index in [1.54, 1.807) is 27.7 Å². The molecule has 0 aromatic heterocycles. The Hall–Kier alpha value is -2.61. The van der Waals surface area contributed by atoms with Crippen LogP contribution in [0.4, 0.5) is 4.79 Å². The van der Waals surface area contributed by atoms with Crippen LogP contribution in [-0.2, 0) is 14.3 Å². The van der Waals surface area contributed by atoms with Crippen molar-refractivity contribution in [3.63, 3.8) is 0 Å². The summed E-state index contributed by atoms with van der Waals surface area (Å²) in [6, 6.07) is 3.45. The Morgan fingerprint density at radius 2 is 1.74 bits per heavy atom. The van der Waals surface area contributed by atoms with E-state index in [0.29, 0.717) is 5.56 Å². The third-order valence-electron chi connectivity index (χ3n) is 4.52. The van der Waals surface area contributed by atoms with E-state index < -0.39 is 36.3 Å². The first kappa shape index (κ1) is 26.4. The molecule has 0 aliphatic heterocycles. The van der Waals surface area contributed by atoms with E-state index in [-0.39, 0.29) is 18.5 Å². The minimum absolute atomic E-state index is 0.123. The monoisotopic (exact) mass is 435 g/mol. The van der Waals surface area contributed by atoms with Crippen LogP contribution in [-0.4, -0.2) is 58.8 Å². The van der Waals surface area contributed by atoms with Gasteiger partial charge in [-0.25, -0.2) is 4.79 Å². The largest absolute Gasteiger partial charge is 0.444 e. The zero-order chi connectivity index (χ0) is 23.9. The van der Waals surface area contributed by atoms with Crippen molar-refractivity contribution in [1.82, 2.24) is 15.5 Å². The number of alkyl carbamates (subject to hydrolysis) is 1. The number of carbonyl (C=O) groups excluding carboxylic acids is 3. The number of hydrogen-bond donors (Lipinski definition) is 3. The SMILES string of the molecule is CCN(C(=O)C(CO)NC(=O)OC(C)(C)C)C(C(=O)NC(C)C)c1cc(C)ccc1C. The molecule has 0 aliphatic carbocycles. The van der Waals surface area contributed by atoms with E-state index in [0.717, 1.165) is 11.1 Å². The van der Waals surface area contributed by atoms with Crippen molar-refractivity contribution < 1.29 is 24.2 Å². The highest BCUT2D eigenvalue weighted by Gasteiger charge is 2.36. The van der Waals surface area contributed by atoms with E-state index >= 15 is 0 Å². The number of likely N-dealkylation sites (N-methyl/N-ethyl adjacent to an activating group) is 1. The summed E-state index contributed by atoms with van der Waals surface area (Å²) < 4.78 is 5.20. The van der Waals surface area contributed by atoms with Gasteiger partial charge in [0.15, 0.2) is 0 Å². The third kappa shape index (κ3) is 7.86. The van der Waals surface area contributed by atoms with Gasteiger partial charge in [0.05, 0.1) is 6.61 Å². The molecule has 31 heavy (non-hydrogen) atoms. The molecule has 1 aromatic carbocycles. The van der Waals surface area contributed by atoms with Crippen molar-refractivity contribution in [2.24, 2.45) is 0 Å². The van der Waals surface area contributed by atoms with Gasteiger partial charge in [-0.15, -0.1) is 0 Å². The maximum atomic E-state index is 13.3. The van der Waals surface area contributed by atoms with Crippen molar-refractivity contribution in [1.29, 1.82) is 0 Å². The van der Waals surface area contributed by atoms with Crippen LogP contribution < -0.4 is 10.6 Å². The molecule has 0 saturated heterocycles. The summed E-state index contributed by atoms with van der Waals surface area (Å²) in [5.41, 5.74) is 1.76. The number of amides is 3. The number of aliphatic hydroxyl groups is 1. The highest BCUT2D eigenvalue weighted by atomic mass is 16.6. The topological polar surface area (TPSA) is 108 Å². The van der Waals surface area contributed by atoms with Crippen LogP contribution in [0.15, 0.2) is 18.2 Å². The molecule has 174 valence electrons. The van der Waals surface area contributed by atoms with Gasteiger partial charge in [-0.05, 0) is 66.5 Å². The molecule has 8 heteroatoms. The fourth-order valence-electron chi connectivity index (χ4n) is 3.17. The number of aliphatic hydroxyl groups excluding tert-OH is 1. The smallest absolute Gasteiger partial charge is 0.408 e. The Morgan fingerprint density at radius 1 is 1.13 bits per heavy atom. The summed E-state index contributed by atoms with van der Waals surface area (Å²) in [5, 5.41) is 15.1. The Kier molecular flexibility index (Phi) is 9.49. The first-order valence-corrected chi connectivity index (χ1v) is 10.6. The average Bonchev–Trinajstić information content (AvgIpc) is 2.63. The van der Waals surface area contributed by atoms with E-state index in [2.05, 4.69) is 10.6 Å². The molecular weight excluding hydrogens is 398 g/mol. The molecule has 0 fully saturated rings. The molecule has 3 N–H and O–H groups in total. The maximum Gasteiger partial charge on any atom is 0.408 e. The summed E-state index contributed by atoms with van der Waals surface area (Å²) in [7, 11) is 0. The molecule has 8 nitrogen and oxygen atoms in total. The first-order chi connectivity index (χ1) is 14.3. The van der Waals surface area contributed by atoms with Gasteiger partial charge in [-0.3, -0.25) is 9.59 Å². The second-order valence-corrected chi connectivity index (χ2v) is 8.93. The summed E-state index contributed by atoms with van der Waals surface area (Å²) in [4.78, 5) is 40.0. The zero-order valence-electron chi connectivity index (χ0n) is 19.9. The van der Waals surface area contributed by atoms with Crippen LogP contribution in [0.1, 0.15) is 64.3 Å². The molecule has 0 radical (unpaired) electrons. The number of benzene rings is 1. The Labute approximate surface area is 185 Å². The maximum absolute atomic E-state index is 13.3. The van der Waals surface area contributed by atoms with Crippen molar-refractivity contribution in [2.45, 2.75) is 79.1 Å². The minimum Gasteiger partial charge on any atom is -0.444 e. The van der Waals surface area contributed by atoms with Crippen LogP contribution >= 0.6 is 0 Å². The molecule has 2 atom stereocenters. The van der Waals surface area contributed by atoms with E-state index in [9.17, 15) is 19.5 Å². The average molecular weight is 436 g/mol. The zero-order valence-corrected chi connectivity index (χ0v) is 19.9. The number of carbonyl (C=O) groups is 3.